The minimum Gasteiger partial charge on any atom is -0.478 e. The van der Waals surface area contributed by atoms with Crippen molar-refractivity contribution < 1.29 is 14.3 Å². The number of hydrogen-bond acceptors (Lipinski definition) is 2. The van der Waals surface area contributed by atoms with Crippen LogP contribution in [0.2, 0.25) is 0 Å². The van der Waals surface area contributed by atoms with Crippen molar-refractivity contribution in [2.45, 2.75) is 12.5 Å². The third kappa shape index (κ3) is 3.49. The molecule has 0 aliphatic carbocycles. The SMILES string of the molecule is Cl.N[C@@H](CCF)c1ccccc1C(=O)O. The minimum atomic E-state index is -1.03. The molecule has 84 valence electrons. The van der Waals surface area contributed by atoms with E-state index in [4.69, 9.17) is 10.8 Å². The van der Waals surface area contributed by atoms with E-state index >= 15 is 0 Å². The van der Waals surface area contributed by atoms with Crippen LogP contribution in [0.3, 0.4) is 0 Å². The van der Waals surface area contributed by atoms with Crippen LogP contribution in [0.4, 0.5) is 4.39 Å². The van der Waals surface area contributed by atoms with Crippen LogP contribution in [0.1, 0.15) is 28.4 Å². The summed E-state index contributed by atoms with van der Waals surface area (Å²) in [6.07, 6.45) is 0.143. The second-order valence-corrected chi connectivity index (χ2v) is 2.98. The van der Waals surface area contributed by atoms with Gasteiger partial charge < -0.3 is 10.8 Å². The molecule has 0 radical (unpaired) electrons. The number of benzene rings is 1. The Hall–Kier alpha value is -1.13. The van der Waals surface area contributed by atoms with E-state index in [0.717, 1.165) is 0 Å². The number of hydrogen-bond donors (Lipinski definition) is 2. The molecule has 0 saturated carbocycles. The predicted octanol–water partition coefficient (Wildman–Crippen LogP) is 2.17. The summed E-state index contributed by atoms with van der Waals surface area (Å²) in [5.74, 6) is -1.03. The maximum Gasteiger partial charge on any atom is 0.336 e. The van der Waals surface area contributed by atoms with Gasteiger partial charge in [0.1, 0.15) is 0 Å². The van der Waals surface area contributed by atoms with Crippen molar-refractivity contribution in [3.05, 3.63) is 35.4 Å². The van der Waals surface area contributed by atoms with E-state index in [1.54, 1.807) is 18.2 Å². The van der Waals surface area contributed by atoms with Crippen molar-refractivity contribution in [3.8, 4) is 0 Å². The van der Waals surface area contributed by atoms with Gasteiger partial charge in [0.15, 0.2) is 0 Å². The molecular weight excluding hydrogens is 221 g/mol. The molecule has 15 heavy (non-hydrogen) atoms. The fourth-order valence-electron chi connectivity index (χ4n) is 1.29. The third-order valence-electron chi connectivity index (χ3n) is 2.01. The average Bonchev–Trinajstić information content (AvgIpc) is 2.18. The highest BCUT2D eigenvalue weighted by Crippen LogP contribution is 2.18. The Bertz CT molecular complexity index is 333. The highest BCUT2D eigenvalue weighted by Gasteiger charge is 2.14. The molecule has 0 spiro atoms. The normalized spacial score (nSPS) is 11.6. The van der Waals surface area contributed by atoms with E-state index in [9.17, 15) is 9.18 Å². The summed E-state index contributed by atoms with van der Waals surface area (Å²) in [5.41, 5.74) is 6.27. The Kier molecular flexibility index (Phi) is 5.89. The first kappa shape index (κ1) is 13.9. The monoisotopic (exact) mass is 233 g/mol. The smallest absolute Gasteiger partial charge is 0.336 e. The number of nitrogens with two attached hydrogens (primary N) is 1. The standard InChI is InChI=1S/C10H12FNO2.ClH/c11-6-5-9(12)7-3-1-2-4-8(7)10(13)14;/h1-4,9H,5-6,12H2,(H,13,14);1H/t9-;/m0./s1. The van der Waals surface area contributed by atoms with Gasteiger partial charge in [0, 0.05) is 6.04 Å². The van der Waals surface area contributed by atoms with Crippen LogP contribution in [0.15, 0.2) is 24.3 Å². The Morgan fingerprint density at radius 2 is 2.07 bits per heavy atom. The van der Waals surface area contributed by atoms with Crippen LogP contribution in [-0.2, 0) is 0 Å². The fraction of sp³-hybridized carbons (Fsp3) is 0.300. The summed E-state index contributed by atoms with van der Waals surface area (Å²) in [7, 11) is 0. The minimum absolute atomic E-state index is 0. The molecule has 5 heteroatoms. The molecule has 1 rings (SSSR count). The van der Waals surface area contributed by atoms with E-state index in [1.807, 2.05) is 0 Å². The number of alkyl halides is 1. The van der Waals surface area contributed by atoms with Crippen molar-refractivity contribution >= 4 is 18.4 Å². The Balaban J connectivity index is 0.00000196. The number of carboxylic acid groups (broad SMARTS) is 1. The summed E-state index contributed by atoms with van der Waals surface area (Å²) in [6, 6.07) is 5.85. The average molecular weight is 234 g/mol. The van der Waals surface area contributed by atoms with Gasteiger partial charge in [-0.1, -0.05) is 18.2 Å². The molecule has 0 aliphatic rings. The van der Waals surface area contributed by atoms with Crippen LogP contribution in [0.5, 0.6) is 0 Å². The highest BCUT2D eigenvalue weighted by atomic mass is 35.5. The summed E-state index contributed by atoms with van der Waals surface area (Å²) in [4.78, 5) is 10.8. The van der Waals surface area contributed by atoms with Crippen LogP contribution in [0.25, 0.3) is 0 Å². The zero-order valence-electron chi connectivity index (χ0n) is 8.02. The van der Waals surface area contributed by atoms with E-state index in [2.05, 4.69) is 0 Å². The summed E-state index contributed by atoms with van der Waals surface area (Å²) < 4.78 is 12.0. The first-order chi connectivity index (χ1) is 6.66. The number of halogens is 2. The molecular formula is C10H13ClFNO2. The molecule has 0 aliphatic heterocycles. The molecule has 0 amide bonds. The topological polar surface area (TPSA) is 63.3 Å². The predicted molar refractivity (Wildman–Crippen MR) is 58.2 cm³/mol. The lowest BCUT2D eigenvalue weighted by Crippen LogP contribution is -2.15. The van der Waals surface area contributed by atoms with Crippen molar-refractivity contribution in [2.75, 3.05) is 6.67 Å². The van der Waals surface area contributed by atoms with E-state index < -0.39 is 18.7 Å². The van der Waals surface area contributed by atoms with Gasteiger partial charge in [-0.05, 0) is 18.1 Å². The molecule has 3 N–H and O–H groups in total. The van der Waals surface area contributed by atoms with Gasteiger partial charge in [-0.25, -0.2) is 4.79 Å². The number of aromatic carboxylic acids is 1. The molecule has 0 fully saturated rings. The Morgan fingerprint density at radius 3 is 2.60 bits per heavy atom. The lowest BCUT2D eigenvalue weighted by molar-refractivity contribution is 0.0695. The lowest BCUT2D eigenvalue weighted by Gasteiger charge is -2.12. The maximum absolute atomic E-state index is 12.0. The van der Waals surface area contributed by atoms with Gasteiger partial charge in [0.25, 0.3) is 0 Å². The van der Waals surface area contributed by atoms with Crippen LogP contribution < -0.4 is 5.73 Å². The lowest BCUT2D eigenvalue weighted by atomic mass is 9.99. The van der Waals surface area contributed by atoms with Gasteiger partial charge in [-0.3, -0.25) is 4.39 Å². The molecule has 1 aromatic carbocycles. The third-order valence-corrected chi connectivity index (χ3v) is 2.01. The van der Waals surface area contributed by atoms with Gasteiger partial charge in [0.05, 0.1) is 12.2 Å². The van der Waals surface area contributed by atoms with Crippen molar-refractivity contribution in [2.24, 2.45) is 5.73 Å². The molecule has 1 atom stereocenters. The molecule has 1 aromatic rings. The number of rotatable bonds is 4. The molecule has 0 heterocycles. The Labute approximate surface area is 93.5 Å². The summed E-state index contributed by atoms with van der Waals surface area (Å²) in [5, 5.41) is 8.83. The van der Waals surface area contributed by atoms with Gasteiger partial charge >= 0.3 is 5.97 Å². The second kappa shape index (κ2) is 6.37. The van der Waals surface area contributed by atoms with Crippen molar-refractivity contribution in [1.82, 2.24) is 0 Å². The number of carboxylic acids is 1. The quantitative estimate of drug-likeness (QED) is 0.838. The summed E-state index contributed by atoms with van der Waals surface area (Å²) >= 11 is 0. The molecule has 0 bridgehead atoms. The maximum atomic E-state index is 12.0. The summed E-state index contributed by atoms with van der Waals surface area (Å²) in [6.45, 7) is -0.547. The largest absolute Gasteiger partial charge is 0.478 e. The van der Waals surface area contributed by atoms with E-state index in [-0.39, 0.29) is 24.4 Å². The zero-order valence-corrected chi connectivity index (χ0v) is 8.84. The zero-order chi connectivity index (χ0) is 10.6. The van der Waals surface area contributed by atoms with Gasteiger partial charge in [-0.2, -0.15) is 0 Å². The van der Waals surface area contributed by atoms with Gasteiger partial charge in [0.2, 0.25) is 0 Å². The second-order valence-electron chi connectivity index (χ2n) is 2.98. The van der Waals surface area contributed by atoms with Crippen LogP contribution in [0, 0.1) is 0 Å². The molecule has 0 saturated heterocycles. The van der Waals surface area contributed by atoms with Crippen LogP contribution in [-0.4, -0.2) is 17.8 Å². The van der Waals surface area contributed by atoms with E-state index in [0.29, 0.717) is 5.56 Å². The van der Waals surface area contributed by atoms with Crippen molar-refractivity contribution in [1.29, 1.82) is 0 Å². The highest BCUT2D eigenvalue weighted by molar-refractivity contribution is 5.89. The molecule has 3 nitrogen and oxygen atoms in total. The van der Waals surface area contributed by atoms with Crippen LogP contribution >= 0.6 is 12.4 Å². The number of carbonyl (C=O) groups is 1. The first-order valence-corrected chi connectivity index (χ1v) is 4.30. The molecule has 0 unspecified atom stereocenters. The first-order valence-electron chi connectivity index (χ1n) is 4.30. The van der Waals surface area contributed by atoms with E-state index in [1.165, 1.54) is 6.07 Å². The van der Waals surface area contributed by atoms with Gasteiger partial charge in [-0.15, -0.1) is 12.4 Å². The fourth-order valence-corrected chi connectivity index (χ4v) is 1.29. The Morgan fingerprint density at radius 1 is 1.47 bits per heavy atom. The van der Waals surface area contributed by atoms with Crippen molar-refractivity contribution in [3.63, 3.8) is 0 Å². The molecule has 0 aromatic heterocycles.